The molecule has 0 unspecified atom stereocenters. The van der Waals surface area contributed by atoms with Crippen molar-refractivity contribution >= 4 is 44.8 Å². The molecule has 2 aromatic rings. The zero-order valence-corrected chi connectivity index (χ0v) is 17.8. The maximum Gasteiger partial charge on any atom is 0.244 e. The molecule has 0 radical (unpaired) electrons. The summed E-state index contributed by atoms with van der Waals surface area (Å²) >= 11 is 12.0. The summed E-state index contributed by atoms with van der Waals surface area (Å²) < 4.78 is 27.3. The standard InChI is InChI=1S/C20H22Cl2N2O3S/c1-2-14-5-8-17(9-6-14)23-20(25)15-4-3-11-24(13-15)28(26,27)19-12-16(21)7-10-18(19)22/h5-10,12,15H,2-4,11,13H2,1H3,(H,23,25)/t15-/m0/s1. The smallest absolute Gasteiger partial charge is 0.244 e. The SMILES string of the molecule is CCc1ccc(NC(=O)[C@H]2CCCN(S(=O)(=O)c3cc(Cl)ccc3Cl)C2)cc1. The minimum Gasteiger partial charge on any atom is -0.326 e. The van der Waals surface area contributed by atoms with Gasteiger partial charge in [0.2, 0.25) is 15.9 Å². The minimum atomic E-state index is -3.83. The fourth-order valence-electron chi connectivity index (χ4n) is 3.26. The van der Waals surface area contributed by atoms with E-state index in [1.807, 2.05) is 24.3 Å². The van der Waals surface area contributed by atoms with Gasteiger partial charge in [0.05, 0.1) is 10.9 Å². The molecular weight excluding hydrogens is 419 g/mol. The number of carbonyl (C=O) groups excluding carboxylic acids is 1. The molecule has 0 bridgehead atoms. The molecule has 1 aliphatic rings. The monoisotopic (exact) mass is 440 g/mol. The first-order valence-electron chi connectivity index (χ1n) is 9.16. The van der Waals surface area contributed by atoms with Crippen LogP contribution in [-0.4, -0.2) is 31.7 Å². The lowest BCUT2D eigenvalue weighted by Gasteiger charge is -2.31. The van der Waals surface area contributed by atoms with Gasteiger partial charge in [-0.1, -0.05) is 42.3 Å². The molecule has 0 aromatic heterocycles. The van der Waals surface area contributed by atoms with Crippen LogP contribution in [0.5, 0.6) is 0 Å². The van der Waals surface area contributed by atoms with Crippen molar-refractivity contribution in [2.45, 2.75) is 31.1 Å². The average Bonchev–Trinajstić information content (AvgIpc) is 2.70. The number of hydrogen-bond acceptors (Lipinski definition) is 3. The largest absolute Gasteiger partial charge is 0.326 e. The van der Waals surface area contributed by atoms with Crippen LogP contribution < -0.4 is 5.32 Å². The first kappa shape index (κ1) is 21.1. The molecule has 0 spiro atoms. The second-order valence-electron chi connectivity index (χ2n) is 6.82. The van der Waals surface area contributed by atoms with Crippen molar-refractivity contribution in [3.05, 3.63) is 58.1 Å². The van der Waals surface area contributed by atoms with Crippen LogP contribution in [0.3, 0.4) is 0 Å². The van der Waals surface area contributed by atoms with Gasteiger partial charge in [-0.05, 0) is 55.2 Å². The van der Waals surface area contributed by atoms with E-state index in [9.17, 15) is 13.2 Å². The third-order valence-corrected chi connectivity index (χ3v) is 7.48. The zero-order chi connectivity index (χ0) is 20.3. The second kappa shape index (κ2) is 8.82. The molecule has 1 aliphatic heterocycles. The van der Waals surface area contributed by atoms with Crippen LogP contribution in [0.2, 0.25) is 10.0 Å². The highest BCUT2D eigenvalue weighted by atomic mass is 35.5. The lowest BCUT2D eigenvalue weighted by atomic mass is 9.98. The maximum atomic E-state index is 13.0. The number of rotatable bonds is 5. The van der Waals surface area contributed by atoms with Gasteiger partial charge in [-0.2, -0.15) is 4.31 Å². The molecule has 1 atom stereocenters. The lowest BCUT2D eigenvalue weighted by Crippen LogP contribution is -2.43. The van der Waals surface area contributed by atoms with E-state index in [2.05, 4.69) is 12.2 Å². The Kier molecular flexibility index (Phi) is 6.65. The molecule has 1 heterocycles. The molecule has 1 amide bonds. The van der Waals surface area contributed by atoms with Crippen molar-refractivity contribution in [1.82, 2.24) is 4.31 Å². The van der Waals surface area contributed by atoms with Gasteiger partial charge >= 0.3 is 0 Å². The van der Waals surface area contributed by atoms with Crippen LogP contribution in [0.1, 0.15) is 25.3 Å². The third-order valence-electron chi connectivity index (χ3n) is 4.90. The predicted octanol–water partition coefficient (Wildman–Crippen LogP) is 4.60. The third kappa shape index (κ3) is 4.69. The fourth-order valence-corrected chi connectivity index (χ4v) is 5.52. The maximum absolute atomic E-state index is 13.0. The summed E-state index contributed by atoms with van der Waals surface area (Å²) in [5.74, 6) is -0.603. The van der Waals surface area contributed by atoms with E-state index in [1.54, 1.807) is 6.07 Å². The van der Waals surface area contributed by atoms with Crippen LogP contribution in [0, 0.1) is 5.92 Å². The van der Waals surface area contributed by atoms with Gasteiger partial charge in [0, 0.05) is 23.8 Å². The lowest BCUT2D eigenvalue weighted by molar-refractivity contribution is -0.120. The molecule has 1 fully saturated rings. The number of sulfonamides is 1. The van der Waals surface area contributed by atoms with E-state index in [1.165, 1.54) is 22.0 Å². The molecule has 2 aromatic carbocycles. The molecule has 0 saturated carbocycles. The summed E-state index contributed by atoms with van der Waals surface area (Å²) in [6, 6.07) is 12.0. The first-order chi connectivity index (χ1) is 13.3. The normalized spacial score (nSPS) is 18.0. The molecule has 1 saturated heterocycles. The molecule has 28 heavy (non-hydrogen) atoms. The van der Waals surface area contributed by atoms with Crippen molar-refractivity contribution in [3.63, 3.8) is 0 Å². The number of nitrogens with one attached hydrogen (secondary N) is 1. The molecule has 0 aliphatic carbocycles. The molecule has 5 nitrogen and oxygen atoms in total. The Morgan fingerprint density at radius 2 is 1.89 bits per heavy atom. The van der Waals surface area contributed by atoms with E-state index in [-0.39, 0.29) is 22.4 Å². The van der Waals surface area contributed by atoms with Crippen molar-refractivity contribution < 1.29 is 13.2 Å². The summed E-state index contributed by atoms with van der Waals surface area (Å²) in [4.78, 5) is 12.6. The van der Waals surface area contributed by atoms with Crippen molar-refractivity contribution in [2.75, 3.05) is 18.4 Å². The van der Waals surface area contributed by atoms with E-state index < -0.39 is 15.9 Å². The molecule has 3 rings (SSSR count). The Hall–Kier alpha value is -1.60. The summed E-state index contributed by atoms with van der Waals surface area (Å²) in [5, 5.41) is 3.30. The second-order valence-corrected chi connectivity index (χ2v) is 9.57. The van der Waals surface area contributed by atoms with Crippen LogP contribution >= 0.6 is 23.2 Å². The van der Waals surface area contributed by atoms with Gasteiger partial charge in [0.1, 0.15) is 4.90 Å². The topological polar surface area (TPSA) is 66.5 Å². The Bertz CT molecular complexity index is 962. The first-order valence-corrected chi connectivity index (χ1v) is 11.4. The number of aryl methyl sites for hydroxylation is 1. The quantitative estimate of drug-likeness (QED) is 0.738. The van der Waals surface area contributed by atoms with Crippen LogP contribution in [0.4, 0.5) is 5.69 Å². The van der Waals surface area contributed by atoms with Crippen molar-refractivity contribution in [2.24, 2.45) is 5.92 Å². The number of benzene rings is 2. The molecule has 8 heteroatoms. The fraction of sp³-hybridized carbons (Fsp3) is 0.350. The van der Waals surface area contributed by atoms with E-state index in [0.717, 1.165) is 6.42 Å². The Balaban J connectivity index is 1.73. The van der Waals surface area contributed by atoms with Gasteiger partial charge < -0.3 is 5.32 Å². The van der Waals surface area contributed by atoms with Crippen LogP contribution in [-0.2, 0) is 21.2 Å². The van der Waals surface area contributed by atoms with Gasteiger partial charge in [0.15, 0.2) is 0 Å². The molecule has 150 valence electrons. The van der Waals surface area contributed by atoms with Gasteiger partial charge in [-0.3, -0.25) is 4.79 Å². The zero-order valence-electron chi connectivity index (χ0n) is 15.5. The highest BCUT2D eigenvalue weighted by Crippen LogP contribution is 2.30. The number of amides is 1. The van der Waals surface area contributed by atoms with Crippen molar-refractivity contribution in [3.8, 4) is 0 Å². The summed E-state index contributed by atoms with van der Waals surface area (Å²) in [5.41, 5.74) is 1.89. The minimum absolute atomic E-state index is 0.0297. The highest BCUT2D eigenvalue weighted by molar-refractivity contribution is 7.89. The van der Waals surface area contributed by atoms with Crippen molar-refractivity contribution in [1.29, 1.82) is 0 Å². The van der Waals surface area contributed by atoms with E-state index >= 15 is 0 Å². The van der Waals surface area contributed by atoms with Gasteiger partial charge in [-0.25, -0.2) is 8.42 Å². The molecule has 1 N–H and O–H groups in total. The Morgan fingerprint density at radius 3 is 2.57 bits per heavy atom. The number of anilines is 1. The van der Waals surface area contributed by atoms with Crippen LogP contribution in [0.15, 0.2) is 47.4 Å². The Morgan fingerprint density at radius 1 is 1.18 bits per heavy atom. The Labute approximate surface area is 175 Å². The van der Waals surface area contributed by atoms with E-state index in [4.69, 9.17) is 23.2 Å². The number of hydrogen-bond donors (Lipinski definition) is 1. The predicted molar refractivity (Wildman–Crippen MR) is 112 cm³/mol. The number of nitrogens with zero attached hydrogens (tertiary/aromatic N) is 1. The highest BCUT2D eigenvalue weighted by Gasteiger charge is 2.34. The number of halogens is 2. The number of piperidine rings is 1. The van der Waals surface area contributed by atoms with E-state index in [0.29, 0.717) is 30.1 Å². The summed E-state index contributed by atoms with van der Waals surface area (Å²) in [6.07, 6.45) is 2.16. The van der Waals surface area contributed by atoms with Crippen LogP contribution in [0.25, 0.3) is 0 Å². The van der Waals surface area contributed by atoms with Gasteiger partial charge in [-0.15, -0.1) is 0 Å². The van der Waals surface area contributed by atoms with Gasteiger partial charge in [0.25, 0.3) is 0 Å². The molecular formula is C20H22Cl2N2O3S. The average molecular weight is 441 g/mol. The summed E-state index contributed by atoms with van der Waals surface area (Å²) in [6.45, 7) is 2.53. The summed E-state index contributed by atoms with van der Waals surface area (Å²) in [7, 11) is -3.83. The number of carbonyl (C=O) groups is 1.